The van der Waals surface area contributed by atoms with Gasteiger partial charge < -0.3 is 14.8 Å². The average molecular weight is 433 g/mol. The largest absolute Gasteiger partial charge is 0.481 e. The van der Waals surface area contributed by atoms with Crippen molar-refractivity contribution in [1.29, 1.82) is 0 Å². The molecule has 2 rings (SSSR count). The fourth-order valence-corrected chi connectivity index (χ4v) is 3.18. The van der Waals surface area contributed by atoms with Crippen molar-refractivity contribution in [2.75, 3.05) is 19.0 Å². The summed E-state index contributed by atoms with van der Waals surface area (Å²) in [4.78, 5) is 23.3. The van der Waals surface area contributed by atoms with Crippen LogP contribution < -0.4 is 10.1 Å². The van der Waals surface area contributed by atoms with Crippen molar-refractivity contribution in [1.82, 2.24) is 0 Å². The highest BCUT2D eigenvalue weighted by atomic mass is 79.9. The van der Waals surface area contributed by atoms with E-state index < -0.39 is 5.97 Å². The summed E-state index contributed by atoms with van der Waals surface area (Å²) in [5.41, 5.74) is 0.918. The van der Waals surface area contributed by atoms with Gasteiger partial charge in [-0.1, -0.05) is 23.2 Å². The zero-order valence-corrected chi connectivity index (χ0v) is 15.5. The van der Waals surface area contributed by atoms with E-state index in [0.29, 0.717) is 31.5 Å². The summed E-state index contributed by atoms with van der Waals surface area (Å²) < 4.78 is 10.6. The molecule has 0 saturated carbocycles. The second-order valence-corrected chi connectivity index (χ2v) is 6.30. The van der Waals surface area contributed by atoms with E-state index in [1.54, 1.807) is 30.3 Å². The van der Waals surface area contributed by atoms with Gasteiger partial charge in [0, 0.05) is 10.7 Å². The number of hydrogen-bond acceptors (Lipinski definition) is 4. The van der Waals surface area contributed by atoms with Gasteiger partial charge in [-0.25, -0.2) is 4.79 Å². The summed E-state index contributed by atoms with van der Waals surface area (Å²) in [6.45, 7) is -0.237. The molecule has 8 heteroatoms. The normalized spacial score (nSPS) is 10.2. The Balaban J connectivity index is 1.95. The maximum atomic E-state index is 11.9. The molecule has 2 aromatic rings. The van der Waals surface area contributed by atoms with E-state index in [4.69, 9.17) is 27.9 Å². The van der Waals surface area contributed by atoms with E-state index in [1.165, 1.54) is 13.2 Å². The van der Waals surface area contributed by atoms with Gasteiger partial charge in [-0.2, -0.15) is 0 Å². The molecule has 0 aliphatic carbocycles. The van der Waals surface area contributed by atoms with Crippen molar-refractivity contribution >= 4 is 56.7 Å². The van der Waals surface area contributed by atoms with Gasteiger partial charge in [0.2, 0.25) is 0 Å². The number of rotatable bonds is 5. The van der Waals surface area contributed by atoms with Crippen molar-refractivity contribution < 1.29 is 19.1 Å². The van der Waals surface area contributed by atoms with Gasteiger partial charge in [0.1, 0.15) is 0 Å². The lowest BCUT2D eigenvalue weighted by atomic mass is 10.2. The Morgan fingerprint density at radius 2 is 1.83 bits per heavy atom. The molecule has 1 amide bonds. The van der Waals surface area contributed by atoms with Crippen LogP contribution in [0.5, 0.6) is 5.75 Å². The maximum absolute atomic E-state index is 11.9. The average Bonchev–Trinajstić information content (AvgIpc) is 2.53. The van der Waals surface area contributed by atoms with Crippen molar-refractivity contribution in [2.45, 2.75) is 0 Å². The molecule has 0 spiro atoms. The second kappa shape index (κ2) is 8.37. The number of carbonyl (C=O) groups is 2. The lowest BCUT2D eigenvalue weighted by molar-refractivity contribution is -0.118. The van der Waals surface area contributed by atoms with Crippen molar-refractivity contribution in [3.8, 4) is 5.75 Å². The van der Waals surface area contributed by atoms with Crippen molar-refractivity contribution in [2.24, 2.45) is 0 Å². The monoisotopic (exact) mass is 431 g/mol. The fourth-order valence-electron chi connectivity index (χ4n) is 1.81. The molecule has 24 heavy (non-hydrogen) atoms. The number of hydrogen-bond donors (Lipinski definition) is 1. The fraction of sp³-hybridized carbons (Fsp3) is 0.125. The van der Waals surface area contributed by atoms with Gasteiger partial charge in [-0.3, -0.25) is 4.79 Å². The first kappa shape index (κ1) is 18.6. The lowest BCUT2D eigenvalue weighted by Gasteiger charge is -2.11. The highest BCUT2D eigenvalue weighted by Gasteiger charge is 2.12. The van der Waals surface area contributed by atoms with Crippen LogP contribution >= 0.6 is 39.1 Å². The molecule has 0 unspecified atom stereocenters. The Labute approximate surface area is 157 Å². The minimum absolute atomic E-state index is 0.237. The highest BCUT2D eigenvalue weighted by molar-refractivity contribution is 9.10. The molecule has 0 atom stereocenters. The van der Waals surface area contributed by atoms with E-state index in [9.17, 15) is 9.59 Å². The van der Waals surface area contributed by atoms with Crippen LogP contribution in [0.1, 0.15) is 10.4 Å². The molecule has 0 aliphatic heterocycles. The molecule has 0 radical (unpaired) electrons. The standard InChI is InChI=1S/C16H12BrCl2NO4/c1-23-16(22)9-2-4-11(5-3-9)20-14(21)8-24-15-12(17)6-10(18)7-13(15)19/h2-7H,8H2,1H3,(H,20,21). The third-order valence-corrected chi connectivity index (χ3v) is 3.99. The Hall–Kier alpha value is -1.76. The number of anilines is 1. The Morgan fingerprint density at radius 3 is 2.42 bits per heavy atom. The second-order valence-electron chi connectivity index (χ2n) is 4.60. The number of nitrogens with one attached hydrogen (secondary N) is 1. The van der Waals surface area contributed by atoms with Crippen LogP contribution in [0.4, 0.5) is 5.69 Å². The van der Waals surface area contributed by atoms with Crippen molar-refractivity contribution in [3.05, 3.63) is 56.5 Å². The van der Waals surface area contributed by atoms with E-state index in [2.05, 4.69) is 26.0 Å². The molecule has 2 aromatic carbocycles. The zero-order valence-electron chi connectivity index (χ0n) is 12.4. The Morgan fingerprint density at radius 1 is 1.17 bits per heavy atom. The van der Waals surface area contributed by atoms with E-state index in [0.717, 1.165) is 0 Å². The predicted octanol–water partition coefficient (Wildman–Crippen LogP) is 4.56. The molecule has 0 aliphatic rings. The minimum Gasteiger partial charge on any atom is -0.481 e. The van der Waals surface area contributed by atoms with E-state index in [-0.39, 0.29) is 12.5 Å². The topological polar surface area (TPSA) is 64.6 Å². The van der Waals surface area contributed by atoms with Gasteiger partial charge in [0.05, 0.1) is 22.2 Å². The lowest BCUT2D eigenvalue weighted by Crippen LogP contribution is -2.20. The first-order valence-corrected chi connectivity index (χ1v) is 8.21. The Bertz CT molecular complexity index is 742. The third kappa shape index (κ3) is 4.87. The molecule has 126 valence electrons. The third-order valence-electron chi connectivity index (χ3n) is 2.90. The highest BCUT2D eigenvalue weighted by Crippen LogP contribution is 2.35. The summed E-state index contributed by atoms with van der Waals surface area (Å²) in [5.74, 6) is -0.491. The summed E-state index contributed by atoms with van der Waals surface area (Å²) in [7, 11) is 1.30. The van der Waals surface area contributed by atoms with Crippen LogP contribution in [-0.2, 0) is 9.53 Å². The summed E-state index contributed by atoms with van der Waals surface area (Å²) in [5, 5.41) is 3.40. The van der Waals surface area contributed by atoms with Gasteiger partial charge in [-0.05, 0) is 52.3 Å². The maximum Gasteiger partial charge on any atom is 0.337 e. The number of amides is 1. The molecular weight excluding hydrogens is 421 g/mol. The molecule has 0 heterocycles. The van der Waals surface area contributed by atoms with Crippen LogP contribution in [0.2, 0.25) is 10.0 Å². The molecule has 0 aromatic heterocycles. The van der Waals surface area contributed by atoms with Gasteiger partial charge in [0.15, 0.2) is 12.4 Å². The predicted molar refractivity (Wildman–Crippen MR) is 96.1 cm³/mol. The number of benzene rings is 2. The SMILES string of the molecule is COC(=O)c1ccc(NC(=O)COc2c(Cl)cc(Cl)cc2Br)cc1. The number of ether oxygens (including phenoxy) is 2. The number of carbonyl (C=O) groups excluding carboxylic acids is 2. The molecular formula is C16H12BrCl2NO4. The first-order chi connectivity index (χ1) is 11.4. The van der Waals surface area contributed by atoms with Gasteiger partial charge in [-0.15, -0.1) is 0 Å². The molecule has 0 bridgehead atoms. The van der Waals surface area contributed by atoms with E-state index >= 15 is 0 Å². The number of methoxy groups -OCH3 is 1. The van der Waals surface area contributed by atoms with Crippen LogP contribution in [0.15, 0.2) is 40.9 Å². The van der Waals surface area contributed by atoms with Gasteiger partial charge in [0.25, 0.3) is 5.91 Å². The van der Waals surface area contributed by atoms with Crippen LogP contribution in [0, 0.1) is 0 Å². The van der Waals surface area contributed by atoms with Crippen LogP contribution in [0.3, 0.4) is 0 Å². The molecule has 1 N–H and O–H groups in total. The van der Waals surface area contributed by atoms with Crippen molar-refractivity contribution in [3.63, 3.8) is 0 Å². The number of esters is 1. The minimum atomic E-state index is -0.446. The Kier molecular flexibility index (Phi) is 6.48. The smallest absolute Gasteiger partial charge is 0.337 e. The molecule has 0 saturated heterocycles. The zero-order chi connectivity index (χ0) is 17.7. The molecule has 0 fully saturated rings. The quantitative estimate of drug-likeness (QED) is 0.703. The van der Waals surface area contributed by atoms with Gasteiger partial charge >= 0.3 is 5.97 Å². The first-order valence-electron chi connectivity index (χ1n) is 6.66. The summed E-state index contributed by atoms with van der Waals surface area (Å²) >= 11 is 15.2. The van der Waals surface area contributed by atoms with Crippen LogP contribution in [-0.4, -0.2) is 25.6 Å². The van der Waals surface area contributed by atoms with E-state index in [1.807, 2.05) is 0 Å². The number of halogens is 3. The summed E-state index contributed by atoms with van der Waals surface area (Å²) in [6, 6.07) is 9.42. The van der Waals surface area contributed by atoms with Crippen LogP contribution in [0.25, 0.3) is 0 Å². The summed E-state index contributed by atoms with van der Waals surface area (Å²) in [6.07, 6.45) is 0. The molecule has 5 nitrogen and oxygen atoms in total.